The first-order chi connectivity index (χ1) is 7.67. The van der Waals surface area contributed by atoms with Gasteiger partial charge in [0.25, 0.3) is 0 Å². The fourth-order valence-electron chi connectivity index (χ4n) is 1.14. The van der Waals surface area contributed by atoms with E-state index in [4.69, 9.17) is 11.0 Å². The predicted octanol–water partition coefficient (Wildman–Crippen LogP) is 2.13. The van der Waals surface area contributed by atoms with Gasteiger partial charge < -0.3 is 11.5 Å². The molecular weight excluding hydrogens is 220 g/mol. The molecule has 4 nitrogen and oxygen atoms in total. The van der Waals surface area contributed by atoms with Crippen molar-refractivity contribution in [1.82, 2.24) is 4.98 Å². The molecule has 2 aromatic rings. The van der Waals surface area contributed by atoms with Crippen molar-refractivity contribution in [2.45, 2.75) is 6.92 Å². The van der Waals surface area contributed by atoms with Crippen molar-refractivity contribution in [3.05, 3.63) is 35.2 Å². The summed E-state index contributed by atoms with van der Waals surface area (Å²) in [6.45, 7) is 2.07. The van der Waals surface area contributed by atoms with Gasteiger partial charge in [-0.25, -0.2) is 4.98 Å². The fraction of sp³-hybridized carbons (Fsp3) is 0.0909. The largest absolute Gasteiger partial charge is 0.375 e. The van der Waals surface area contributed by atoms with E-state index in [1.54, 1.807) is 0 Å². The van der Waals surface area contributed by atoms with Gasteiger partial charge in [-0.1, -0.05) is 29.8 Å². The quantitative estimate of drug-likeness (QED) is 0.582. The normalized spacial score (nSPS) is 8.75. The molecule has 1 heterocycles. The van der Waals surface area contributed by atoms with Crippen LogP contribution in [0.2, 0.25) is 0 Å². The molecule has 0 aliphatic heterocycles. The average Bonchev–Trinajstić information content (AvgIpc) is 2.67. The Morgan fingerprint density at radius 3 is 2.31 bits per heavy atom. The Morgan fingerprint density at radius 1 is 1.31 bits per heavy atom. The molecule has 0 amide bonds. The monoisotopic (exact) mass is 232 g/mol. The van der Waals surface area contributed by atoms with Gasteiger partial charge >= 0.3 is 0 Å². The van der Waals surface area contributed by atoms with Gasteiger partial charge in [-0.3, -0.25) is 0 Å². The number of rotatable bonds is 1. The molecule has 2 rings (SSSR count). The van der Waals surface area contributed by atoms with Gasteiger partial charge in [0.1, 0.15) is 0 Å². The highest BCUT2D eigenvalue weighted by Gasteiger charge is 2.00. The van der Waals surface area contributed by atoms with E-state index >= 15 is 0 Å². The summed E-state index contributed by atoms with van der Waals surface area (Å²) in [5, 5.41) is 9.69. The molecule has 0 fully saturated rings. The lowest BCUT2D eigenvalue weighted by atomic mass is 10.1. The van der Waals surface area contributed by atoms with Gasteiger partial charge in [-0.05, 0) is 6.92 Å². The number of aromatic nitrogens is 1. The van der Waals surface area contributed by atoms with Gasteiger partial charge in [-0.15, -0.1) is 11.3 Å². The summed E-state index contributed by atoms with van der Waals surface area (Å²) < 4.78 is 0. The zero-order valence-corrected chi connectivity index (χ0v) is 9.66. The zero-order chi connectivity index (χ0) is 12.0. The smallest absolute Gasteiger partial charge is 0.180 e. The van der Waals surface area contributed by atoms with Crippen LogP contribution < -0.4 is 11.5 Å². The van der Waals surface area contributed by atoms with E-state index in [-0.39, 0.29) is 0 Å². The molecule has 0 bridgehead atoms. The lowest BCUT2D eigenvalue weighted by Crippen LogP contribution is -1.82. The van der Waals surface area contributed by atoms with Crippen LogP contribution in [0.5, 0.6) is 0 Å². The maximum Gasteiger partial charge on any atom is 0.180 e. The number of nitrogens with two attached hydrogens (primary N) is 2. The molecule has 0 aliphatic carbocycles. The minimum Gasteiger partial charge on any atom is -0.375 e. The lowest BCUT2D eigenvalue weighted by molar-refractivity contribution is 1.39. The summed E-state index contributed by atoms with van der Waals surface area (Å²) in [7, 11) is 0. The van der Waals surface area contributed by atoms with Gasteiger partial charge in [0.2, 0.25) is 0 Å². The second-order valence-electron chi connectivity index (χ2n) is 3.07. The summed E-state index contributed by atoms with van der Waals surface area (Å²) in [5.41, 5.74) is 13.0. The van der Waals surface area contributed by atoms with Crippen molar-refractivity contribution in [3.8, 4) is 17.5 Å². The van der Waals surface area contributed by atoms with Crippen LogP contribution >= 0.6 is 11.3 Å². The van der Waals surface area contributed by atoms with E-state index in [1.165, 1.54) is 23.1 Å². The zero-order valence-electron chi connectivity index (χ0n) is 8.84. The first-order valence-electron chi connectivity index (χ1n) is 4.55. The van der Waals surface area contributed by atoms with Crippen LogP contribution in [-0.4, -0.2) is 4.98 Å². The second-order valence-corrected chi connectivity index (χ2v) is 3.96. The van der Waals surface area contributed by atoms with Crippen LogP contribution in [0.15, 0.2) is 29.6 Å². The molecule has 4 N–H and O–H groups in total. The van der Waals surface area contributed by atoms with Crippen LogP contribution in [0.1, 0.15) is 5.56 Å². The Kier molecular flexibility index (Phi) is 4.30. The first-order valence-corrected chi connectivity index (χ1v) is 5.43. The number of nitrogens with zero attached hydrogens (tertiary/aromatic N) is 2. The number of thiazole rings is 1. The van der Waals surface area contributed by atoms with Crippen LogP contribution in [0, 0.1) is 18.4 Å². The van der Waals surface area contributed by atoms with E-state index in [0.29, 0.717) is 5.13 Å². The van der Waals surface area contributed by atoms with Crippen molar-refractivity contribution in [1.29, 1.82) is 5.26 Å². The molecule has 0 saturated carbocycles. The molecular formula is C11H12N4S. The second kappa shape index (κ2) is 5.73. The minimum absolute atomic E-state index is 0.621. The summed E-state index contributed by atoms with van der Waals surface area (Å²) >= 11 is 1.47. The van der Waals surface area contributed by atoms with Crippen molar-refractivity contribution in [2.24, 2.45) is 5.73 Å². The maximum atomic E-state index is 7.10. The molecule has 0 spiro atoms. The van der Waals surface area contributed by atoms with Crippen LogP contribution in [0.4, 0.5) is 5.13 Å². The lowest BCUT2D eigenvalue weighted by Gasteiger charge is -1.96. The Morgan fingerprint density at radius 2 is 1.88 bits per heavy atom. The van der Waals surface area contributed by atoms with Gasteiger partial charge in [0.05, 0.1) is 5.69 Å². The van der Waals surface area contributed by atoms with E-state index in [2.05, 4.69) is 41.9 Å². The summed E-state index contributed by atoms with van der Waals surface area (Å²) in [4.78, 5) is 4.21. The van der Waals surface area contributed by atoms with E-state index < -0.39 is 0 Å². The highest BCUT2D eigenvalue weighted by Crippen LogP contribution is 2.22. The number of benzene rings is 1. The van der Waals surface area contributed by atoms with Gasteiger partial charge in [0, 0.05) is 10.9 Å². The van der Waals surface area contributed by atoms with Crippen molar-refractivity contribution < 1.29 is 0 Å². The number of hydrogen-bond donors (Lipinski definition) is 2. The molecule has 82 valence electrons. The molecule has 1 aromatic heterocycles. The fourth-order valence-corrected chi connectivity index (χ4v) is 1.72. The molecule has 0 unspecified atom stereocenters. The summed E-state index contributed by atoms with van der Waals surface area (Å²) in [6.07, 6.45) is 1.25. The third-order valence-corrected chi connectivity index (χ3v) is 2.54. The molecule has 5 heteroatoms. The summed E-state index contributed by atoms with van der Waals surface area (Å²) in [5.74, 6) is 0. The maximum absolute atomic E-state index is 7.10. The highest BCUT2D eigenvalue weighted by molar-refractivity contribution is 7.13. The first kappa shape index (κ1) is 12.0. The highest BCUT2D eigenvalue weighted by atomic mass is 32.1. The number of nitrogen functional groups attached to an aromatic ring is 1. The Labute approximate surface area is 98.2 Å². The Balaban J connectivity index is 0.000000386. The minimum atomic E-state index is 0.621. The van der Waals surface area contributed by atoms with E-state index in [9.17, 15) is 0 Å². The summed E-state index contributed by atoms with van der Waals surface area (Å²) in [6, 6.07) is 8.27. The molecule has 0 aliphatic rings. The molecule has 0 saturated heterocycles. The van der Waals surface area contributed by atoms with E-state index in [0.717, 1.165) is 11.3 Å². The van der Waals surface area contributed by atoms with Gasteiger partial charge in [-0.2, -0.15) is 5.26 Å². The van der Waals surface area contributed by atoms with Crippen LogP contribution in [0.3, 0.4) is 0 Å². The number of hydrogen-bond acceptors (Lipinski definition) is 5. The number of anilines is 1. The number of nitriles is 1. The standard InChI is InChI=1S/C10H10N2S.CH2N2/c1-7-2-4-8(5-3-7)9-6-13-10(11)12-9;2-1-3/h2-6H,1H3,(H2,11,12);2H2. The number of aryl methyl sites for hydroxylation is 1. The van der Waals surface area contributed by atoms with Crippen molar-refractivity contribution >= 4 is 16.5 Å². The van der Waals surface area contributed by atoms with Crippen LogP contribution in [0.25, 0.3) is 11.3 Å². The third kappa shape index (κ3) is 3.26. The molecule has 0 radical (unpaired) electrons. The van der Waals surface area contributed by atoms with E-state index in [1.807, 2.05) is 5.38 Å². The van der Waals surface area contributed by atoms with Crippen molar-refractivity contribution in [2.75, 3.05) is 5.73 Å². The van der Waals surface area contributed by atoms with Crippen LogP contribution in [-0.2, 0) is 0 Å². The molecule has 16 heavy (non-hydrogen) atoms. The Bertz CT molecular complexity index is 481. The van der Waals surface area contributed by atoms with Gasteiger partial charge in [0.15, 0.2) is 11.3 Å². The predicted molar refractivity (Wildman–Crippen MR) is 66.5 cm³/mol. The SMILES string of the molecule is Cc1ccc(-c2csc(N)n2)cc1.N#CN. The third-order valence-electron chi connectivity index (χ3n) is 1.87. The van der Waals surface area contributed by atoms with Crippen molar-refractivity contribution in [3.63, 3.8) is 0 Å². The Hall–Kier alpha value is -2.06. The molecule has 1 aromatic carbocycles. The average molecular weight is 232 g/mol. The topological polar surface area (TPSA) is 88.7 Å². The molecule has 0 atom stereocenters.